The summed E-state index contributed by atoms with van der Waals surface area (Å²) in [4.78, 5) is 39.9. The van der Waals surface area contributed by atoms with Gasteiger partial charge in [-0.3, -0.25) is 9.59 Å². The van der Waals surface area contributed by atoms with E-state index in [0.29, 0.717) is 27.9 Å². The Morgan fingerprint density at radius 3 is 2.65 bits per heavy atom. The van der Waals surface area contributed by atoms with Crippen molar-refractivity contribution in [2.75, 3.05) is 24.4 Å². The van der Waals surface area contributed by atoms with Gasteiger partial charge in [-0.25, -0.2) is 4.79 Å². The van der Waals surface area contributed by atoms with Gasteiger partial charge in [0.25, 0.3) is 5.91 Å². The van der Waals surface area contributed by atoms with Gasteiger partial charge in [0.05, 0.1) is 17.9 Å². The molecule has 194 valence electrons. The number of thiophene rings is 1. The molecule has 1 aromatic heterocycles. The Morgan fingerprint density at radius 2 is 1.89 bits per heavy atom. The van der Waals surface area contributed by atoms with Crippen molar-refractivity contribution in [3.05, 3.63) is 70.6 Å². The lowest BCUT2D eigenvalue weighted by molar-refractivity contribution is -0.118. The first-order valence-electron chi connectivity index (χ1n) is 12.1. The highest BCUT2D eigenvalue weighted by Gasteiger charge is 2.29. The third-order valence-corrected chi connectivity index (χ3v) is 8.31. The standard InChI is InChI=1S/C28H30N2O5S2/c1-17-12-13-22-23(14-17)37-27(25(22)28(33)34-3)30-26(32)18(2)36-21-11-7-8-19(15-21)29-24(31)16-35-20-9-5-4-6-10-20/h4-11,15,17-18H,12-14,16H2,1-3H3,(H,29,31)(H,30,32). The summed E-state index contributed by atoms with van der Waals surface area (Å²) in [7, 11) is 1.36. The zero-order valence-electron chi connectivity index (χ0n) is 21.0. The maximum atomic E-state index is 13.1. The molecular formula is C28H30N2O5S2. The second-order valence-corrected chi connectivity index (χ2v) is 11.5. The fourth-order valence-corrected chi connectivity index (χ4v) is 6.47. The third kappa shape index (κ3) is 6.93. The Labute approximate surface area is 224 Å². The van der Waals surface area contributed by atoms with Gasteiger partial charge in [0, 0.05) is 15.5 Å². The van der Waals surface area contributed by atoms with E-state index in [1.807, 2.05) is 43.3 Å². The van der Waals surface area contributed by atoms with Gasteiger partial charge in [0.1, 0.15) is 10.8 Å². The topological polar surface area (TPSA) is 93.7 Å². The van der Waals surface area contributed by atoms with E-state index in [4.69, 9.17) is 9.47 Å². The molecule has 3 aromatic rings. The largest absolute Gasteiger partial charge is 0.484 e. The predicted octanol–water partition coefficient (Wildman–Crippen LogP) is 5.80. The Morgan fingerprint density at radius 1 is 1.11 bits per heavy atom. The Balaban J connectivity index is 1.37. The van der Waals surface area contributed by atoms with Crippen LogP contribution in [-0.2, 0) is 27.2 Å². The molecule has 0 fully saturated rings. The van der Waals surface area contributed by atoms with Crippen molar-refractivity contribution < 1.29 is 23.9 Å². The minimum atomic E-state index is -0.434. The number of ether oxygens (including phenoxy) is 2. The number of benzene rings is 2. The maximum Gasteiger partial charge on any atom is 0.341 e. The summed E-state index contributed by atoms with van der Waals surface area (Å²) >= 11 is 2.84. The predicted molar refractivity (Wildman–Crippen MR) is 148 cm³/mol. The minimum Gasteiger partial charge on any atom is -0.484 e. The highest BCUT2D eigenvalue weighted by Crippen LogP contribution is 2.40. The summed E-state index contributed by atoms with van der Waals surface area (Å²) in [6.45, 7) is 3.91. The normalized spacial score (nSPS) is 15.3. The monoisotopic (exact) mass is 538 g/mol. The Hall–Kier alpha value is -3.30. The highest BCUT2D eigenvalue weighted by molar-refractivity contribution is 8.00. The number of carbonyl (C=O) groups excluding carboxylic acids is 3. The maximum absolute atomic E-state index is 13.1. The van der Waals surface area contributed by atoms with E-state index in [9.17, 15) is 14.4 Å². The van der Waals surface area contributed by atoms with E-state index in [-0.39, 0.29) is 18.4 Å². The number of fused-ring (bicyclic) bond motifs is 1. The molecule has 0 spiro atoms. The van der Waals surface area contributed by atoms with Crippen molar-refractivity contribution in [1.29, 1.82) is 0 Å². The van der Waals surface area contributed by atoms with Crippen molar-refractivity contribution >= 4 is 51.6 Å². The summed E-state index contributed by atoms with van der Waals surface area (Å²) in [6.07, 6.45) is 2.73. The van der Waals surface area contributed by atoms with Crippen molar-refractivity contribution in [3.63, 3.8) is 0 Å². The molecule has 2 unspecified atom stereocenters. The van der Waals surface area contributed by atoms with E-state index in [1.165, 1.54) is 30.2 Å². The van der Waals surface area contributed by atoms with E-state index < -0.39 is 11.2 Å². The zero-order chi connectivity index (χ0) is 26.4. The van der Waals surface area contributed by atoms with Gasteiger partial charge in [0.15, 0.2) is 6.61 Å². The quantitative estimate of drug-likeness (QED) is 0.264. The van der Waals surface area contributed by atoms with E-state index in [0.717, 1.165) is 34.6 Å². The van der Waals surface area contributed by atoms with Gasteiger partial charge in [-0.2, -0.15) is 0 Å². The number of hydrogen-bond donors (Lipinski definition) is 2. The Bertz CT molecular complexity index is 1270. The number of carbonyl (C=O) groups is 3. The second kappa shape index (κ2) is 12.3. The molecular weight excluding hydrogens is 508 g/mol. The van der Waals surface area contributed by atoms with Crippen LogP contribution in [0.2, 0.25) is 0 Å². The summed E-state index contributed by atoms with van der Waals surface area (Å²) < 4.78 is 10.5. The van der Waals surface area contributed by atoms with Crippen molar-refractivity contribution in [2.45, 2.75) is 43.3 Å². The first-order valence-corrected chi connectivity index (χ1v) is 13.8. The van der Waals surface area contributed by atoms with Gasteiger partial charge in [0.2, 0.25) is 5.91 Å². The van der Waals surface area contributed by atoms with Crippen LogP contribution in [0.1, 0.15) is 41.1 Å². The van der Waals surface area contributed by atoms with Gasteiger partial charge in [-0.1, -0.05) is 31.2 Å². The molecule has 1 heterocycles. The molecule has 4 rings (SSSR count). The summed E-state index contributed by atoms with van der Waals surface area (Å²) in [5.41, 5.74) is 2.11. The molecule has 2 N–H and O–H groups in total. The molecule has 0 radical (unpaired) electrons. The summed E-state index contributed by atoms with van der Waals surface area (Å²) in [5, 5.41) is 5.92. The van der Waals surface area contributed by atoms with Crippen LogP contribution in [0.4, 0.5) is 10.7 Å². The molecule has 0 bridgehead atoms. The van der Waals surface area contributed by atoms with Crippen molar-refractivity contribution in [3.8, 4) is 5.75 Å². The highest BCUT2D eigenvalue weighted by atomic mass is 32.2. The Kier molecular flexibility index (Phi) is 8.89. The van der Waals surface area contributed by atoms with Crippen molar-refractivity contribution in [1.82, 2.24) is 0 Å². The number of thioether (sulfide) groups is 1. The fraction of sp³-hybridized carbons (Fsp3) is 0.321. The van der Waals surface area contributed by atoms with Crippen LogP contribution >= 0.6 is 23.1 Å². The average Bonchev–Trinajstić information content (AvgIpc) is 3.24. The lowest BCUT2D eigenvalue weighted by Gasteiger charge is -2.18. The molecule has 2 aromatic carbocycles. The van der Waals surface area contributed by atoms with Crippen molar-refractivity contribution in [2.24, 2.45) is 5.92 Å². The second-order valence-electron chi connectivity index (χ2n) is 8.97. The van der Waals surface area contributed by atoms with E-state index in [1.54, 1.807) is 18.2 Å². The molecule has 0 saturated heterocycles. The average molecular weight is 539 g/mol. The fourth-order valence-electron chi connectivity index (χ4n) is 4.14. The number of amides is 2. The molecule has 1 aliphatic carbocycles. The van der Waals surface area contributed by atoms with Crippen LogP contribution in [0.5, 0.6) is 5.75 Å². The van der Waals surface area contributed by atoms with Crippen LogP contribution in [-0.4, -0.2) is 36.8 Å². The number of para-hydroxylation sites is 1. The molecule has 0 aliphatic heterocycles. The minimum absolute atomic E-state index is 0.105. The molecule has 1 aliphatic rings. The number of rotatable bonds is 9. The van der Waals surface area contributed by atoms with Gasteiger partial charge in [-0.15, -0.1) is 23.1 Å². The number of nitrogens with one attached hydrogen (secondary N) is 2. The molecule has 37 heavy (non-hydrogen) atoms. The van der Waals surface area contributed by atoms with Crippen LogP contribution in [0, 0.1) is 5.92 Å². The van der Waals surface area contributed by atoms with Gasteiger partial charge in [-0.05, 0) is 68.0 Å². The summed E-state index contributed by atoms with van der Waals surface area (Å²) in [6, 6.07) is 16.5. The lowest BCUT2D eigenvalue weighted by atomic mass is 9.88. The molecule has 2 amide bonds. The molecule has 2 atom stereocenters. The summed E-state index contributed by atoms with van der Waals surface area (Å²) in [5.74, 6) is 0.281. The number of methoxy groups -OCH3 is 1. The lowest BCUT2D eigenvalue weighted by Crippen LogP contribution is -2.23. The van der Waals surface area contributed by atoms with Crippen LogP contribution in [0.25, 0.3) is 0 Å². The number of anilines is 2. The zero-order valence-corrected chi connectivity index (χ0v) is 22.7. The number of hydrogen-bond acceptors (Lipinski definition) is 7. The van der Waals surface area contributed by atoms with Gasteiger partial charge < -0.3 is 20.1 Å². The third-order valence-electron chi connectivity index (χ3n) is 6.05. The number of esters is 1. The molecule has 0 saturated carbocycles. The van der Waals surface area contributed by atoms with Gasteiger partial charge >= 0.3 is 5.97 Å². The molecule has 9 heteroatoms. The smallest absolute Gasteiger partial charge is 0.341 e. The van der Waals surface area contributed by atoms with Crippen LogP contribution < -0.4 is 15.4 Å². The van der Waals surface area contributed by atoms with Crippen LogP contribution in [0.15, 0.2) is 59.5 Å². The van der Waals surface area contributed by atoms with Crippen LogP contribution in [0.3, 0.4) is 0 Å². The molecule has 7 nitrogen and oxygen atoms in total. The SMILES string of the molecule is COC(=O)c1c(NC(=O)C(C)Sc2cccc(NC(=O)COc3ccccc3)c2)sc2c1CCC(C)C2. The first kappa shape index (κ1) is 26.8. The van der Waals surface area contributed by atoms with E-state index in [2.05, 4.69) is 17.6 Å². The first-order chi connectivity index (χ1) is 17.8. The van der Waals surface area contributed by atoms with E-state index >= 15 is 0 Å².